The molecule has 0 fully saturated rings. The minimum atomic E-state index is 0.00762. The van der Waals surface area contributed by atoms with Gasteiger partial charge in [0.05, 0.1) is 16.1 Å². The van der Waals surface area contributed by atoms with E-state index in [1.54, 1.807) is 11.3 Å². The van der Waals surface area contributed by atoms with Crippen LogP contribution >= 0.6 is 11.3 Å². The molecule has 86 valence electrons. The Balaban J connectivity index is 2.20. The number of nitrogens with zero attached hydrogens (tertiary/aromatic N) is 1. The van der Waals surface area contributed by atoms with Gasteiger partial charge in [-0.25, -0.2) is 0 Å². The molecule has 0 atom stereocenters. The van der Waals surface area contributed by atoms with Crippen molar-refractivity contribution in [3.63, 3.8) is 0 Å². The maximum absolute atomic E-state index is 4.93. The zero-order valence-electron chi connectivity index (χ0n) is 10.1. The normalized spacial score (nSPS) is 17.4. The van der Waals surface area contributed by atoms with E-state index in [4.69, 9.17) is 4.99 Å². The van der Waals surface area contributed by atoms with Crippen molar-refractivity contribution in [1.82, 2.24) is 0 Å². The van der Waals surface area contributed by atoms with Crippen molar-refractivity contribution >= 4 is 17.0 Å². The Hall–Kier alpha value is -1.41. The third-order valence-electron chi connectivity index (χ3n) is 3.06. The Kier molecular flexibility index (Phi) is 2.40. The van der Waals surface area contributed by atoms with Crippen LogP contribution in [-0.2, 0) is 6.42 Å². The minimum absolute atomic E-state index is 0.00762. The summed E-state index contributed by atoms with van der Waals surface area (Å²) < 4.78 is 0. The molecule has 2 heteroatoms. The molecule has 0 bridgehead atoms. The molecule has 0 unspecified atom stereocenters. The van der Waals surface area contributed by atoms with Gasteiger partial charge in [0.2, 0.25) is 0 Å². The van der Waals surface area contributed by atoms with Crippen LogP contribution in [0.2, 0.25) is 0 Å². The van der Waals surface area contributed by atoms with E-state index in [9.17, 15) is 0 Å². The van der Waals surface area contributed by atoms with Gasteiger partial charge in [0.15, 0.2) is 0 Å². The Morgan fingerprint density at radius 2 is 1.94 bits per heavy atom. The first-order valence-corrected chi connectivity index (χ1v) is 6.76. The lowest BCUT2D eigenvalue weighted by molar-refractivity contribution is 0.513. The molecule has 17 heavy (non-hydrogen) atoms. The average molecular weight is 241 g/mol. The van der Waals surface area contributed by atoms with Crippen LogP contribution in [0.1, 0.15) is 29.9 Å². The van der Waals surface area contributed by atoms with Gasteiger partial charge in [-0.3, -0.25) is 4.99 Å². The van der Waals surface area contributed by atoms with Crippen LogP contribution in [0.4, 0.5) is 0 Å². The van der Waals surface area contributed by atoms with Crippen LogP contribution in [0.15, 0.2) is 46.8 Å². The van der Waals surface area contributed by atoms with Crippen LogP contribution in [-0.4, -0.2) is 11.3 Å². The Labute approximate surface area is 106 Å². The second-order valence-electron chi connectivity index (χ2n) is 5.08. The zero-order valence-corrected chi connectivity index (χ0v) is 10.9. The van der Waals surface area contributed by atoms with Gasteiger partial charge in [0.1, 0.15) is 0 Å². The van der Waals surface area contributed by atoms with Gasteiger partial charge < -0.3 is 0 Å². The van der Waals surface area contributed by atoms with Gasteiger partial charge in [0.25, 0.3) is 0 Å². The molecule has 2 heterocycles. The molecule has 0 radical (unpaired) electrons. The zero-order chi connectivity index (χ0) is 11.9. The number of thiophene rings is 1. The molecule has 1 aromatic carbocycles. The first kappa shape index (κ1) is 10.7. The molecule has 0 saturated heterocycles. The summed E-state index contributed by atoms with van der Waals surface area (Å²) in [5.74, 6) is 0. The van der Waals surface area contributed by atoms with Crippen LogP contribution in [0.3, 0.4) is 0 Å². The van der Waals surface area contributed by atoms with Gasteiger partial charge in [-0.05, 0) is 37.3 Å². The van der Waals surface area contributed by atoms with Crippen molar-refractivity contribution in [3.8, 4) is 0 Å². The van der Waals surface area contributed by atoms with Crippen LogP contribution in [0.25, 0.3) is 0 Å². The summed E-state index contributed by atoms with van der Waals surface area (Å²) in [6, 6.07) is 12.9. The van der Waals surface area contributed by atoms with Crippen LogP contribution < -0.4 is 0 Å². The van der Waals surface area contributed by atoms with Crippen LogP contribution in [0.5, 0.6) is 0 Å². The molecule has 0 spiro atoms. The van der Waals surface area contributed by atoms with Crippen molar-refractivity contribution in [1.29, 1.82) is 0 Å². The second-order valence-corrected chi connectivity index (χ2v) is 6.03. The predicted octanol–water partition coefficient (Wildman–Crippen LogP) is 3.92. The molecule has 1 aromatic heterocycles. The van der Waals surface area contributed by atoms with Crippen molar-refractivity contribution in [2.75, 3.05) is 0 Å². The molecular weight excluding hydrogens is 226 g/mol. The fourth-order valence-corrected chi connectivity index (χ4v) is 3.10. The molecule has 0 N–H and O–H groups in total. The van der Waals surface area contributed by atoms with Crippen LogP contribution in [0, 0.1) is 0 Å². The van der Waals surface area contributed by atoms with Crippen molar-refractivity contribution < 1.29 is 0 Å². The molecule has 0 amide bonds. The fraction of sp³-hybridized carbons (Fsp3) is 0.267. The topological polar surface area (TPSA) is 12.4 Å². The summed E-state index contributed by atoms with van der Waals surface area (Å²) in [5, 5.41) is 2.11. The summed E-state index contributed by atoms with van der Waals surface area (Å²) in [4.78, 5) is 6.19. The third-order valence-corrected chi connectivity index (χ3v) is 3.94. The Morgan fingerprint density at radius 3 is 2.71 bits per heavy atom. The average Bonchev–Trinajstić information content (AvgIpc) is 2.80. The van der Waals surface area contributed by atoms with Crippen molar-refractivity contribution in [3.05, 3.63) is 57.8 Å². The van der Waals surface area contributed by atoms with Gasteiger partial charge in [-0.15, -0.1) is 11.3 Å². The molecule has 0 saturated carbocycles. The number of rotatable bonds is 1. The Morgan fingerprint density at radius 1 is 1.12 bits per heavy atom. The maximum Gasteiger partial charge on any atom is 0.0828 e. The number of fused-ring (bicyclic) bond motifs is 1. The molecular formula is C15H15NS. The van der Waals surface area contributed by atoms with E-state index in [-0.39, 0.29) is 5.54 Å². The largest absolute Gasteiger partial charge is 0.277 e. The minimum Gasteiger partial charge on any atom is -0.277 e. The van der Waals surface area contributed by atoms with Gasteiger partial charge in [0, 0.05) is 5.56 Å². The number of benzene rings is 1. The summed E-state index contributed by atoms with van der Waals surface area (Å²) in [5.41, 5.74) is 3.88. The Bertz CT molecular complexity index is 564. The standard InChI is InChI=1S/C15H15NS/c1-15(2)10-11-6-3-4-7-12(11)14(16-15)13-8-5-9-17-13/h3-9H,10H2,1-2H3. The van der Waals surface area contributed by atoms with Crippen molar-refractivity contribution in [2.24, 2.45) is 4.99 Å². The van der Waals surface area contributed by atoms with E-state index in [0.717, 1.165) is 12.1 Å². The van der Waals surface area contributed by atoms with Crippen molar-refractivity contribution in [2.45, 2.75) is 25.8 Å². The van der Waals surface area contributed by atoms with E-state index in [0.29, 0.717) is 0 Å². The number of aliphatic imine (C=N–C) groups is 1. The lowest BCUT2D eigenvalue weighted by Crippen LogP contribution is -2.29. The van der Waals surface area contributed by atoms with E-state index in [2.05, 4.69) is 55.6 Å². The maximum atomic E-state index is 4.93. The summed E-state index contributed by atoms with van der Waals surface area (Å²) in [7, 11) is 0. The number of hydrogen-bond acceptors (Lipinski definition) is 2. The molecule has 1 aliphatic rings. The summed E-state index contributed by atoms with van der Waals surface area (Å²) in [6.07, 6.45) is 1.03. The first-order valence-electron chi connectivity index (χ1n) is 5.88. The molecule has 0 aliphatic carbocycles. The first-order chi connectivity index (χ1) is 8.16. The van der Waals surface area contributed by atoms with E-state index < -0.39 is 0 Å². The fourth-order valence-electron chi connectivity index (χ4n) is 2.38. The molecule has 1 nitrogen and oxygen atoms in total. The molecule has 2 aromatic rings. The monoisotopic (exact) mass is 241 g/mol. The number of hydrogen-bond donors (Lipinski definition) is 0. The van der Waals surface area contributed by atoms with E-state index in [1.807, 2.05) is 0 Å². The van der Waals surface area contributed by atoms with Gasteiger partial charge in [-0.2, -0.15) is 0 Å². The molecule has 1 aliphatic heterocycles. The highest BCUT2D eigenvalue weighted by Gasteiger charge is 2.27. The smallest absolute Gasteiger partial charge is 0.0828 e. The molecule has 3 rings (SSSR count). The van der Waals surface area contributed by atoms with Gasteiger partial charge in [-0.1, -0.05) is 30.3 Å². The second kappa shape index (κ2) is 3.81. The highest BCUT2D eigenvalue weighted by Crippen LogP contribution is 2.30. The van der Waals surface area contributed by atoms with E-state index in [1.165, 1.54) is 16.0 Å². The van der Waals surface area contributed by atoms with E-state index >= 15 is 0 Å². The summed E-state index contributed by atoms with van der Waals surface area (Å²) in [6.45, 7) is 4.41. The quantitative estimate of drug-likeness (QED) is 0.717. The van der Waals surface area contributed by atoms with Gasteiger partial charge >= 0.3 is 0 Å². The lowest BCUT2D eigenvalue weighted by atomic mass is 9.86. The SMILES string of the molecule is CC1(C)Cc2ccccc2C(c2cccs2)=N1. The highest BCUT2D eigenvalue weighted by molar-refractivity contribution is 7.12. The third kappa shape index (κ3) is 1.93. The summed E-state index contributed by atoms with van der Waals surface area (Å²) >= 11 is 1.76. The lowest BCUT2D eigenvalue weighted by Gasteiger charge is -2.28. The highest BCUT2D eigenvalue weighted by atomic mass is 32.1. The predicted molar refractivity (Wildman–Crippen MR) is 74.2 cm³/mol.